The maximum atomic E-state index is 13.8. The van der Waals surface area contributed by atoms with Gasteiger partial charge in [0.05, 0.1) is 31.2 Å². The molecular weight excluding hydrogens is 456 g/mol. The highest BCUT2D eigenvalue weighted by Gasteiger charge is 2.52. The molecule has 3 heterocycles. The molecule has 7 nitrogen and oxygen atoms in total. The zero-order chi connectivity index (χ0) is 25.2. The number of pyridine rings is 1. The molecule has 2 aliphatic heterocycles. The van der Waals surface area contributed by atoms with E-state index in [1.165, 1.54) is 0 Å². The summed E-state index contributed by atoms with van der Waals surface area (Å²) in [6.45, 7) is 4.72. The molecule has 1 saturated carbocycles. The molecule has 7 heteroatoms. The van der Waals surface area contributed by atoms with Gasteiger partial charge in [-0.1, -0.05) is 32.3 Å². The van der Waals surface area contributed by atoms with Gasteiger partial charge in [-0.15, -0.1) is 0 Å². The van der Waals surface area contributed by atoms with Crippen molar-refractivity contribution in [1.29, 1.82) is 0 Å². The number of anilines is 1. The highest BCUT2D eigenvalue weighted by atomic mass is 16.5. The standard InChI is InChI=1S/C29H34N2O5/c1-4-5-8-15-35-22-12-11-19(17-23(22)34-3)26-25-27(32)20-9-6-7-10-21(20)36-28(25)29(33)31(26)24-16-18(2)13-14-30-24/h11-14,16-17,20-21,26H,4-10,15H2,1-3H3. The van der Waals surface area contributed by atoms with E-state index in [0.29, 0.717) is 29.5 Å². The first-order valence-electron chi connectivity index (χ1n) is 13.1. The predicted octanol–water partition coefficient (Wildman–Crippen LogP) is 5.47. The summed E-state index contributed by atoms with van der Waals surface area (Å²) in [5.74, 6) is 1.39. The third-order valence-corrected chi connectivity index (χ3v) is 7.42. The fraction of sp³-hybridized carbons (Fsp3) is 0.483. The van der Waals surface area contributed by atoms with Gasteiger partial charge in [0.15, 0.2) is 23.0 Å². The summed E-state index contributed by atoms with van der Waals surface area (Å²) in [7, 11) is 1.60. The van der Waals surface area contributed by atoms with Gasteiger partial charge in [-0.25, -0.2) is 4.98 Å². The number of amides is 1. The Balaban J connectivity index is 1.57. The largest absolute Gasteiger partial charge is 0.493 e. The first-order chi connectivity index (χ1) is 17.5. The second-order valence-electron chi connectivity index (χ2n) is 9.89. The highest BCUT2D eigenvalue weighted by Crippen LogP contribution is 2.49. The topological polar surface area (TPSA) is 78.0 Å². The summed E-state index contributed by atoms with van der Waals surface area (Å²) >= 11 is 0. The van der Waals surface area contributed by atoms with Crippen LogP contribution in [0.2, 0.25) is 0 Å². The number of nitrogens with zero attached hydrogens (tertiary/aromatic N) is 2. The van der Waals surface area contributed by atoms with Crippen LogP contribution in [0.4, 0.5) is 5.82 Å². The Morgan fingerprint density at radius 1 is 1.08 bits per heavy atom. The van der Waals surface area contributed by atoms with Gasteiger partial charge in [-0.3, -0.25) is 14.5 Å². The minimum atomic E-state index is -0.639. The first kappa shape index (κ1) is 24.3. The van der Waals surface area contributed by atoms with Crippen LogP contribution in [0.1, 0.15) is 69.0 Å². The molecule has 3 aliphatic rings. The van der Waals surface area contributed by atoms with Gasteiger partial charge < -0.3 is 14.2 Å². The number of fused-ring (bicyclic) bond motifs is 1. The van der Waals surface area contributed by atoms with Crippen molar-refractivity contribution in [1.82, 2.24) is 4.98 Å². The fourth-order valence-electron chi connectivity index (χ4n) is 5.56. The van der Waals surface area contributed by atoms with E-state index in [0.717, 1.165) is 56.1 Å². The average molecular weight is 491 g/mol. The van der Waals surface area contributed by atoms with E-state index in [9.17, 15) is 9.59 Å². The van der Waals surface area contributed by atoms with Crippen LogP contribution in [-0.4, -0.2) is 36.5 Å². The summed E-state index contributed by atoms with van der Waals surface area (Å²) in [5.41, 5.74) is 2.18. The monoisotopic (exact) mass is 490 g/mol. The summed E-state index contributed by atoms with van der Waals surface area (Å²) in [4.78, 5) is 33.7. The van der Waals surface area contributed by atoms with Crippen molar-refractivity contribution in [2.24, 2.45) is 5.92 Å². The molecule has 0 radical (unpaired) electrons. The van der Waals surface area contributed by atoms with Gasteiger partial charge in [0.1, 0.15) is 11.9 Å². The quantitative estimate of drug-likeness (QED) is 0.457. The Morgan fingerprint density at radius 3 is 2.69 bits per heavy atom. The average Bonchev–Trinajstić information content (AvgIpc) is 3.19. The molecule has 5 rings (SSSR count). The molecule has 190 valence electrons. The van der Waals surface area contributed by atoms with Gasteiger partial charge in [-0.05, 0) is 68.0 Å². The van der Waals surface area contributed by atoms with Crippen LogP contribution in [0, 0.1) is 12.8 Å². The third kappa shape index (κ3) is 4.36. The Bertz CT molecular complexity index is 1190. The number of hydrogen-bond donors (Lipinski definition) is 0. The lowest BCUT2D eigenvalue weighted by molar-refractivity contribution is -0.131. The molecule has 36 heavy (non-hydrogen) atoms. The third-order valence-electron chi connectivity index (χ3n) is 7.42. The molecule has 3 unspecified atom stereocenters. The smallest absolute Gasteiger partial charge is 0.295 e. The lowest BCUT2D eigenvalue weighted by Crippen LogP contribution is -2.39. The minimum absolute atomic E-state index is 0.0216. The highest BCUT2D eigenvalue weighted by molar-refractivity contribution is 6.17. The lowest BCUT2D eigenvalue weighted by atomic mass is 9.77. The second kappa shape index (κ2) is 10.3. The molecule has 0 saturated heterocycles. The number of carbonyl (C=O) groups is 2. The molecule has 0 bridgehead atoms. The molecule has 0 N–H and O–H groups in total. The number of rotatable bonds is 8. The van der Waals surface area contributed by atoms with Gasteiger partial charge in [0.2, 0.25) is 0 Å². The molecule has 2 aromatic rings. The van der Waals surface area contributed by atoms with Crippen molar-refractivity contribution < 1.29 is 23.8 Å². The van der Waals surface area contributed by atoms with Gasteiger partial charge in [0.25, 0.3) is 5.91 Å². The fourth-order valence-corrected chi connectivity index (χ4v) is 5.56. The zero-order valence-corrected chi connectivity index (χ0v) is 21.3. The van der Waals surface area contributed by atoms with Crippen molar-refractivity contribution >= 4 is 17.5 Å². The number of hydrogen-bond acceptors (Lipinski definition) is 6. The van der Waals surface area contributed by atoms with E-state index in [2.05, 4.69) is 11.9 Å². The maximum Gasteiger partial charge on any atom is 0.295 e. The molecule has 1 aliphatic carbocycles. The molecule has 0 spiro atoms. The molecule has 1 amide bonds. The SMILES string of the molecule is CCCCCOc1ccc(C2C3=C(OC4CCCCC4C3=O)C(=O)N2c2cc(C)ccn2)cc1OC. The predicted molar refractivity (Wildman–Crippen MR) is 136 cm³/mol. The molecular formula is C29H34N2O5. The minimum Gasteiger partial charge on any atom is -0.493 e. The molecule has 1 aromatic heterocycles. The Labute approximate surface area is 212 Å². The van der Waals surface area contributed by atoms with Crippen LogP contribution in [0.15, 0.2) is 47.9 Å². The number of carbonyl (C=O) groups excluding carboxylic acids is 2. The number of ether oxygens (including phenoxy) is 3. The van der Waals surface area contributed by atoms with E-state index >= 15 is 0 Å². The van der Waals surface area contributed by atoms with E-state index in [4.69, 9.17) is 14.2 Å². The van der Waals surface area contributed by atoms with Crippen molar-refractivity contribution in [3.05, 3.63) is 59.0 Å². The summed E-state index contributed by atoms with van der Waals surface area (Å²) < 4.78 is 17.9. The number of ketones is 1. The number of aryl methyl sites for hydroxylation is 1. The van der Waals surface area contributed by atoms with E-state index in [1.807, 2.05) is 37.3 Å². The van der Waals surface area contributed by atoms with Crippen LogP contribution in [0.3, 0.4) is 0 Å². The van der Waals surface area contributed by atoms with Gasteiger partial charge in [0, 0.05) is 6.20 Å². The number of aromatic nitrogens is 1. The summed E-state index contributed by atoms with van der Waals surface area (Å²) in [6.07, 6.45) is 8.24. The number of Topliss-reactive ketones (excluding diaryl/α,β-unsaturated/α-hetero) is 1. The Kier molecular flexibility index (Phi) is 6.99. The van der Waals surface area contributed by atoms with Crippen LogP contribution < -0.4 is 14.4 Å². The summed E-state index contributed by atoms with van der Waals surface area (Å²) in [5, 5.41) is 0. The van der Waals surface area contributed by atoms with Crippen LogP contribution in [0.25, 0.3) is 0 Å². The van der Waals surface area contributed by atoms with Gasteiger partial charge in [-0.2, -0.15) is 0 Å². The normalized spacial score (nSPS) is 23.3. The van der Waals surface area contributed by atoms with Crippen molar-refractivity contribution in [3.8, 4) is 11.5 Å². The van der Waals surface area contributed by atoms with Crippen LogP contribution >= 0.6 is 0 Å². The van der Waals surface area contributed by atoms with Crippen molar-refractivity contribution in [3.63, 3.8) is 0 Å². The van der Waals surface area contributed by atoms with Gasteiger partial charge >= 0.3 is 0 Å². The zero-order valence-electron chi connectivity index (χ0n) is 21.3. The number of benzene rings is 1. The molecule has 1 aromatic carbocycles. The van der Waals surface area contributed by atoms with E-state index in [-0.39, 0.29) is 29.5 Å². The maximum absolute atomic E-state index is 13.8. The second-order valence-corrected chi connectivity index (χ2v) is 9.89. The lowest BCUT2D eigenvalue weighted by Gasteiger charge is -2.35. The number of methoxy groups -OCH3 is 1. The van der Waals surface area contributed by atoms with Crippen LogP contribution in [0.5, 0.6) is 11.5 Å². The number of unbranched alkanes of at least 4 members (excludes halogenated alkanes) is 2. The Hall–Kier alpha value is -3.35. The van der Waals surface area contributed by atoms with E-state index < -0.39 is 6.04 Å². The van der Waals surface area contributed by atoms with Crippen molar-refractivity contribution in [2.75, 3.05) is 18.6 Å². The summed E-state index contributed by atoms with van der Waals surface area (Å²) in [6, 6.07) is 8.75. The molecule has 3 atom stereocenters. The first-order valence-corrected chi connectivity index (χ1v) is 13.1. The van der Waals surface area contributed by atoms with Crippen molar-refractivity contribution in [2.45, 2.75) is 70.9 Å². The Morgan fingerprint density at radius 2 is 1.92 bits per heavy atom. The van der Waals surface area contributed by atoms with Crippen LogP contribution in [-0.2, 0) is 14.3 Å². The van der Waals surface area contributed by atoms with E-state index in [1.54, 1.807) is 18.2 Å². The molecule has 1 fully saturated rings.